The van der Waals surface area contributed by atoms with Crippen molar-refractivity contribution in [3.05, 3.63) is 63.1 Å². The number of ether oxygens (including phenoxy) is 2. The molecule has 2 saturated carbocycles. The highest BCUT2D eigenvalue weighted by atomic mass is 19.1. The van der Waals surface area contributed by atoms with Gasteiger partial charge in [-0.15, -0.1) is 0 Å². The topological polar surface area (TPSA) is 94.4 Å². The van der Waals surface area contributed by atoms with Gasteiger partial charge in [0.05, 0.1) is 13.7 Å². The second-order valence-electron chi connectivity index (χ2n) is 8.52. The van der Waals surface area contributed by atoms with Gasteiger partial charge in [0.15, 0.2) is 34.4 Å². The Morgan fingerprint density at radius 3 is 2.62 bits per heavy atom. The predicted octanol–water partition coefficient (Wildman–Crippen LogP) is 2.54. The third kappa shape index (κ3) is 4.05. The van der Waals surface area contributed by atoms with Gasteiger partial charge in [0, 0.05) is 25.2 Å². The zero-order valence-electron chi connectivity index (χ0n) is 18.9. The van der Waals surface area contributed by atoms with Crippen LogP contribution < -0.4 is 20.7 Å². The molecule has 10 heteroatoms. The van der Waals surface area contributed by atoms with Crippen molar-refractivity contribution >= 4 is 11.2 Å². The lowest BCUT2D eigenvalue weighted by atomic mass is 10.3. The van der Waals surface area contributed by atoms with Gasteiger partial charge in [0.1, 0.15) is 5.82 Å². The van der Waals surface area contributed by atoms with Gasteiger partial charge in [-0.25, -0.2) is 14.2 Å². The Kier molecular flexibility index (Phi) is 5.40. The Hall–Kier alpha value is -4.00. The van der Waals surface area contributed by atoms with Crippen LogP contribution in [-0.2, 0) is 0 Å². The number of nitrogens with zero attached hydrogens (tertiary/aromatic N) is 4. The van der Waals surface area contributed by atoms with Gasteiger partial charge in [-0.3, -0.25) is 13.9 Å². The minimum Gasteiger partial charge on any atom is -0.493 e. The quantitative estimate of drug-likeness (QED) is 0.426. The number of rotatable bonds is 7. The van der Waals surface area contributed by atoms with Gasteiger partial charge in [0.2, 0.25) is 0 Å². The first-order chi connectivity index (χ1) is 16.4. The fourth-order valence-electron chi connectivity index (χ4n) is 3.74. The van der Waals surface area contributed by atoms with Crippen molar-refractivity contribution in [2.75, 3.05) is 20.7 Å². The number of hydrogen-bond donors (Lipinski definition) is 1. The minimum atomic E-state index is -0.457. The molecular formula is C24H24FN5O4. The van der Waals surface area contributed by atoms with E-state index in [0.29, 0.717) is 22.7 Å². The summed E-state index contributed by atoms with van der Waals surface area (Å²) in [6.45, 7) is 4.09. The molecule has 176 valence electrons. The summed E-state index contributed by atoms with van der Waals surface area (Å²) in [5, 5.41) is 0. The van der Waals surface area contributed by atoms with Gasteiger partial charge in [0.25, 0.3) is 5.56 Å². The van der Waals surface area contributed by atoms with Gasteiger partial charge >= 0.3 is 5.69 Å². The average molecular weight is 465 g/mol. The van der Waals surface area contributed by atoms with E-state index in [1.807, 2.05) is 0 Å². The first kappa shape index (κ1) is 21.8. The SMILES string of the molecule is C=C(Oc1cc(F)ccc1OC)N(C)CC#Cc1nc2c([nH]1)c(=O)n(C1CC1)c(=O)n2C1CC1. The molecule has 2 fully saturated rings. The number of imidazole rings is 1. The normalized spacial score (nSPS) is 15.0. The van der Waals surface area contributed by atoms with E-state index >= 15 is 0 Å². The molecule has 0 spiro atoms. The van der Waals surface area contributed by atoms with Crippen molar-refractivity contribution in [1.82, 2.24) is 24.0 Å². The number of aromatic nitrogens is 4. The predicted molar refractivity (Wildman–Crippen MR) is 123 cm³/mol. The Bertz CT molecular complexity index is 1470. The molecule has 2 aliphatic carbocycles. The third-order valence-corrected chi connectivity index (χ3v) is 5.88. The molecule has 0 bridgehead atoms. The average Bonchev–Trinajstić information content (AvgIpc) is 3.73. The molecule has 0 amide bonds. The molecule has 0 radical (unpaired) electrons. The van der Waals surface area contributed by atoms with E-state index in [1.54, 1.807) is 16.5 Å². The van der Waals surface area contributed by atoms with Crippen molar-refractivity contribution in [2.45, 2.75) is 37.8 Å². The zero-order chi connectivity index (χ0) is 24.0. The summed E-state index contributed by atoms with van der Waals surface area (Å²) < 4.78 is 27.4. The molecule has 9 nitrogen and oxygen atoms in total. The summed E-state index contributed by atoms with van der Waals surface area (Å²) in [6.07, 6.45) is 3.47. The molecule has 2 aromatic heterocycles. The van der Waals surface area contributed by atoms with Crippen molar-refractivity contribution in [3.8, 4) is 23.3 Å². The van der Waals surface area contributed by atoms with Crippen LogP contribution in [0.15, 0.2) is 40.3 Å². The van der Waals surface area contributed by atoms with Crippen molar-refractivity contribution in [3.63, 3.8) is 0 Å². The molecule has 0 aliphatic heterocycles. The first-order valence-electron chi connectivity index (χ1n) is 11.0. The number of nitrogens with one attached hydrogen (secondary N) is 1. The highest BCUT2D eigenvalue weighted by molar-refractivity contribution is 5.71. The Morgan fingerprint density at radius 1 is 1.24 bits per heavy atom. The van der Waals surface area contributed by atoms with Gasteiger partial charge in [-0.1, -0.05) is 5.92 Å². The molecule has 0 unspecified atom stereocenters. The Labute approximate surface area is 194 Å². The van der Waals surface area contributed by atoms with Gasteiger partial charge in [-0.05, 0) is 50.3 Å². The Balaban J connectivity index is 1.36. The summed E-state index contributed by atoms with van der Waals surface area (Å²) >= 11 is 0. The second-order valence-corrected chi connectivity index (χ2v) is 8.52. The van der Waals surface area contributed by atoms with Crippen LogP contribution in [-0.4, -0.2) is 44.7 Å². The minimum absolute atomic E-state index is 0.0244. The molecule has 34 heavy (non-hydrogen) atoms. The van der Waals surface area contributed by atoms with E-state index < -0.39 is 5.82 Å². The van der Waals surface area contributed by atoms with Crippen molar-refractivity contribution in [1.29, 1.82) is 0 Å². The summed E-state index contributed by atoms with van der Waals surface area (Å²) in [6, 6.07) is 4.02. The third-order valence-electron chi connectivity index (χ3n) is 5.88. The van der Waals surface area contributed by atoms with Crippen LogP contribution in [0, 0.1) is 17.7 Å². The highest BCUT2D eigenvalue weighted by Crippen LogP contribution is 2.36. The van der Waals surface area contributed by atoms with Crippen molar-refractivity contribution < 1.29 is 13.9 Å². The van der Waals surface area contributed by atoms with Crippen LogP contribution in [0.25, 0.3) is 11.2 Å². The van der Waals surface area contributed by atoms with Gasteiger partial charge in [-0.2, -0.15) is 0 Å². The standard InChI is InChI=1S/C24H24FN5O4/c1-14(34-19-13-15(25)6-11-18(19)33-3)28(2)12-4-5-20-26-21-22(27-20)29(16-7-8-16)24(32)30(23(21)31)17-9-10-17/h6,11,13,16-17H,1,7-10,12H2,2-3H3,(H,26,27). The number of H-pyrrole nitrogens is 1. The first-order valence-corrected chi connectivity index (χ1v) is 11.0. The van der Waals surface area contributed by atoms with E-state index in [4.69, 9.17) is 9.47 Å². The number of hydrogen-bond acceptors (Lipinski definition) is 6. The van der Waals surface area contributed by atoms with Crippen LogP contribution in [0.5, 0.6) is 11.5 Å². The van der Waals surface area contributed by atoms with E-state index in [9.17, 15) is 14.0 Å². The zero-order valence-corrected chi connectivity index (χ0v) is 18.9. The van der Waals surface area contributed by atoms with Crippen LogP contribution in [0.3, 0.4) is 0 Å². The van der Waals surface area contributed by atoms with E-state index in [-0.39, 0.29) is 41.5 Å². The van der Waals surface area contributed by atoms with Crippen molar-refractivity contribution in [2.24, 2.45) is 0 Å². The lowest BCUT2D eigenvalue weighted by Gasteiger charge is -2.20. The summed E-state index contributed by atoms with van der Waals surface area (Å²) in [5.74, 6) is 6.55. The molecular weight excluding hydrogens is 441 g/mol. The highest BCUT2D eigenvalue weighted by Gasteiger charge is 2.34. The molecule has 3 aromatic rings. The number of fused-ring (bicyclic) bond motifs is 1. The Morgan fingerprint density at radius 2 is 1.94 bits per heavy atom. The van der Waals surface area contributed by atoms with Crippen LogP contribution in [0.1, 0.15) is 43.6 Å². The van der Waals surface area contributed by atoms with E-state index in [1.165, 1.54) is 29.9 Å². The maximum atomic E-state index is 13.6. The molecule has 1 aromatic carbocycles. The summed E-state index contributed by atoms with van der Waals surface area (Å²) in [4.78, 5) is 34.9. The van der Waals surface area contributed by atoms with Crippen LogP contribution >= 0.6 is 0 Å². The summed E-state index contributed by atoms with van der Waals surface area (Å²) in [7, 11) is 3.19. The number of benzene rings is 1. The smallest absolute Gasteiger partial charge is 0.333 e. The molecule has 2 heterocycles. The molecule has 5 rings (SSSR count). The van der Waals surface area contributed by atoms with Gasteiger partial charge < -0.3 is 19.4 Å². The van der Waals surface area contributed by atoms with E-state index in [0.717, 1.165) is 25.7 Å². The fourth-order valence-corrected chi connectivity index (χ4v) is 3.74. The second kappa shape index (κ2) is 8.41. The molecule has 1 N–H and O–H groups in total. The van der Waals surface area contributed by atoms with Crippen LogP contribution in [0.2, 0.25) is 0 Å². The number of halogens is 1. The molecule has 2 aliphatic rings. The number of methoxy groups -OCH3 is 1. The summed E-state index contributed by atoms with van der Waals surface area (Å²) in [5.41, 5.74) is 0.0392. The lowest BCUT2D eigenvalue weighted by Crippen LogP contribution is -2.39. The number of aromatic amines is 1. The molecule has 0 saturated heterocycles. The largest absolute Gasteiger partial charge is 0.493 e. The lowest BCUT2D eigenvalue weighted by molar-refractivity contribution is 0.258. The fraction of sp³-hybridized carbons (Fsp3) is 0.375. The maximum absolute atomic E-state index is 13.6. The monoisotopic (exact) mass is 465 g/mol. The maximum Gasteiger partial charge on any atom is 0.333 e. The van der Waals surface area contributed by atoms with Crippen LogP contribution in [0.4, 0.5) is 4.39 Å². The van der Waals surface area contributed by atoms with E-state index in [2.05, 4.69) is 28.4 Å². The molecule has 0 atom stereocenters.